The molecule has 1 aliphatic rings. The maximum atomic E-state index is 13.7. The van der Waals surface area contributed by atoms with Crippen LogP contribution in [0.2, 0.25) is 0 Å². The summed E-state index contributed by atoms with van der Waals surface area (Å²) < 4.78 is 7.51. The molecule has 0 saturated carbocycles. The molecule has 2 amide bonds. The molecule has 1 N–H and O–H groups in total. The van der Waals surface area contributed by atoms with Crippen molar-refractivity contribution in [2.45, 2.75) is 46.1 Å². The van der Waals surface area contributed by atoms with E-state index < -0.39 is 0 Å². The van der Waals surface area contributed by atoms with Gasteiger partial charge in [-0.05, 0) is 90.0 Å². The van der Waals surface area contributed by atoms with Crippen LogP contribution in [0.25, 0.3) is 16.9 Å². The molecule has 0 saturated heterocycles. The van der Waals surface area contributed by atoms with Crippen molar-refractivity contribution >= 4 is 17.5 Å². The quantitative estimate of drug-likeness (QED) is 0.542. The first-order valence-corrected chi connectivity index (χ1v) is 12.5. The molecule has 8 nitrogen and oxygen atoms in total. The summed E-state index contributed by atoms with van der Waals surface area (Å²) in [5, 5.41) is 7.91. The Kier molecular flexibility index (Phi) is 7.15. The molecular weight excluding hydrogens is 466 g/mol. The van der Waals surface area contributed by atoms with Crippen molar-refractivity contribution in [2.24, 2.45) is 0 Å². The number of ether oxygens (including phenoxy) is 1. The van der Waals surface area contributed by atoms with Gasteiger partial charge >= 0.3 is 0 Å². The third kappa shape index (κ3) is 5.25. The van der Waals surface area contributed by atoms with Crippen LogP contribution in [0, 0.1) is 6.92 Å². The number of hydrogen-bond donors (Lipinski definition) is 1. The summed E-state index contributed by atoms with van der Waals surface area (Å²) in [5.41, 5.74) is 6.53. The third-order valence-electron chi connectivity index (χ3n) is 6.80. The molecule has 37 heavy (non-hydrogen) atoms. The van der Waals surface area contributed by atoms with Crippen molar-refractivity contribution in [1.82, 2.24) is 19.6 Å². The number of carbonyl (C=O) groups is 2. The van der Waals surface area contributed by atoms with Gasteiger partial charge in [0.2, 0.25) is 5.91 Å². The SMILES string of the molecule is COc1cc2c(cc1NC(=O)CN(C)C)-c1c(c(C(=O)N(C)C(C)(C)C)nn1-c1cccc(C)c1)CC2. The molecule has 0 radical (unpaired) electrons. The fraction of sp³-hybridized carbons (Fsp3) is 0.414. The van der Waals surface area contributed by atoms with Crippen LogP contribution in [0.3, 0.4) is 0 Å². The summed E-state index contributed by atoms with van der Waals surface area (Å²) in [4.78, 5) is 29.8. The summed E-state index contributed by atoms with van der Waals surface area (Å²) >= 11 is 0. The Hall–Kier alpha value is -3.65. The number of rotatable bonds is 6. The number of methoxy groups -OCH3 is 1. The summed E-state index contributed by atoms with van der Waals surface area (Å²) in [7, 11) is 7.13. The van der Waals surface area contributed by atoms with Crippen LogP contribution < -0.4 is 10.1 Å². The first kappa shape index (κ1) is 26.4. The minimum absolute atomic E-state index is 0.105. The van der Waals surface area contributed by atoms with E-state index in [1.54, 1.807) is 12.0 Å². The Morgan fingerprint density at radius 3 is 2.46 bits per heavy atom. The first-order valence-electron chi connectivity index (χ1n) is 12.5. The summed E-state index contributed by atoms with van der Waals surface area (Å²) in [6, 6.07) is 12.0. The van der Waals surface area contributed by atoms with Crippen LogP contribution in [0.4, 0.5) is 5.69 Å². The van der Waals surface area contributed by atoms with Crippen molar-refractivity contribution in [3.63, 3.8) is 0 Å². The number of amides is 2. The van der Waals surface area contributed by atoms with Gasteiger partial charge in [-0.2, -0.15) is 5.10 Å². The molecule has 3 aromatic rings. The molecule has 8 heteroatoms. The number of likely N-dealkylation sites (N-methyl/N-ethyl adjacent to an activating group) is 1. The Labute approximate surface area is 219 Å². The number of nitrogens with zero attached hydrogens (tertiary/aromatic N) is 4. The van der Waals surface area contributed by atoms with E-state index in [1.807, 2.05) is 88.8 Å². The zero-order chi connectivity index (χ0) is 27.1. The van der Waals surface area contributed by atoms with Gasteiger partial charge in [-0.25, -0.2) is 4.68 Å². The number of fused-ring (bicyclic) bond motifs is 3. The number of benzene rings is 2. The second kappa shape index (κ2) is 10.0. The van der Waals surface area contributed by atoms with Crippen molar-refractivity contribution in [1.29, 1.82) is 0 Å². The molecule has 0 atom stereocenters. The molecule has 1 aromatic heterocycles. The van der Waals surface area contributed by atoms with E-state index in [4.69, 9.17) is 9.84 Å². The van der Waals surface area contributed by atoms with Crippen LogP contribution in [0.5, 0.6) is 5.75 Å². The predicted octanol–water partition coefficient (Wildman–Crippen LogP) is 4.33. The lowest BCUT2D eigenvalue weighted by Gasteiger charge is -2.31. The smallest absolute Gasteiger partial charge is 0.274 e. The van der Waals surface area contributed by atoms with E-state index in [2.05, 4.69) is 11.4 Å². The van der Waals surface area contributed by atoms with Gasteiger partial charge in [-0.3, -0.25) is 9.59 Å². The number of aryl methyl sites for hydroxylation is 2. The van der Waals surface area contributed by atoms with Crippen LogP contribution >= 0.6 is 0 Å². The van der Waals surface area contributed by atoms with Gasteiger partial charge in [0.1, 0.15) is 5.75 Å². The molecule has 2 aromatic carbocycles. The normalized spacial score (nSPS) is 12.7. The van der Waals surface area contributed by atoms with Crippen LogP contribution in [-0.2, 0) is 17.6 Å². The largest absolute Gasteiger partial charge is 0.495 e. The number of hydrogen-bond acceptors (Lipinski definition) is 5. The lowest BCUT2D eigenvalue weighted by molar-refractivity contribution is -0.116. The highest BCUT2D eigenvalue weighted by atomic mass is 16.5. The highest BCUT2D eigenvalue weighted by Gasteiger charge is 2.33. The van der Waals surface area contributed by atoms with E-state index in [0.717, 1.165) is 40.1 Å². The van der Waals surface area contributed by atoms with Crippen LogP contribution in [0.15, 0.2) is 36.4 Å². The van der Waals surface area contributed by atoms with Crippen molar-refractivity contribution in [2.75, 3.05) is 40.1 Å². The molecule has 0 spiro atoms. The van der Waals surface area contributed by atoms with Gasteiger partial charge in [-0.1, -0.05) is 12.1 Å². The van der Waals surface area contributed by atoms with Crippen molar-refractivity contribution in [3.05, 3.63) is 58.8 Å². The number of anilines is 1. The molecule has 1 aliphatic carbocycles. The average Bonchev–Trinajstić information content (AvgIpc) is 3.21. The fourth-order valence-corrected chi connectivity index (χ4v) is 4.60. The van der Waals surface area contributed by atoms with E-state index in [0.29, 0.717) is 23.6 Å². The molecule has 4 rings (SSSR count). The maximum absolute atomic E-state index is 13.7. The van der Waals surface area contributed by atoms with Crippen molar-refractivity contribution in [3.8, 4) is 22.7 Å². The molecular formula is C29H37N5O3. The Balaban J connectivity index is 1.93. The van der Waals surface area contributed by atoms with E-state index in [1.165, 1.54) is 0 Å². The fourth-order valence-electron chi connectivity index (χ4n) is 4.60. The van der Waals surface area contributed by atoms with E-state index >= 15 is 0 Å². The lowest BCUT2D eigenvalue weighted by atomic mass is 9.87. The van der Waals surface area contributed by atoms with Gasteiger partial charge < -0.3 is 19.9 Å². The third-order valence-corrected chi connectivity index (χ3v) is 6.80. The zero-order valence-corrected chi connectivity index (χ0v) is 23.1. The van der Waals surface area contributed by atoms with Gasteiger partial charge in [0.25, 0.3) is 5.91 Å². The average molecular weight is 504 g/mol. The van der Waals surface area contributed by atoms with Crippen LogP contribution in [0.1, 0.15) is 48.0 Å². The number of carbonyl (C=O) groups excluding carboxylic acids is 2. The minimum atomic E-state index is -0.346. The maximum Gasteiger partial charge on any atom is 0.274 e. The number of nitrogens with one attached hydrogen (secondary N) is 1. The monoisotopic (exact) mass is 503 g/mol. The second-order valence-corrected chi connectivity index (χ2v) is 11.0. The molecule has 0 unspecified atom stereocenters. The highest BCUT2D eigenvalue weighted by Crippen LogP contribution is 2.42. The second-order valence-electron chi connectivity index (χ2n) is 11.0. The van der Waals surface area contributed by atoms with Crippen LogP contribution in [-0.4, -0.2) is 71.7 Å². The lowest BCUT2D eigenvalue weighted by Crippen LogP contribution is -2.43. The minimum Gasteiger partial charge on any atom is -0.495 e. The Morgan fingerprint density at radius 2 is 1.84 bits per heavy atom. The molecule has 196 valence electrons. The summed E-state index contributed by atoms with van der Waals surface area (Å²) in [5.74, 6) is 0.375. The Morgan fingerprint density at radius 1 is 1.11 bits per heavy atom. The molecule has 0 fully saturated rings. The predicted molar refractivity (Wildman–Crippen MR) is 147 cm³/mol. The van der Waals surface area contributed by atoms with Crippen molar-refractivity contribution < 1.29 is 14.3 Å². The van der Waals surface area contributed by atoms with Gasteiger partial charge in [0.05, 0.1) is 30.7 Å². The Bertz CT molecular complexity index is 1350. The number of aromatic nitrogens is 2. The zero-order valence-electron chi connectivity index (χ0n) is 23.1. The highest BCUT2D eigenvalue weighted by molar-refractivity contribution is 5.98. The standard InChI is InChI=1S/C29H37N5O3/c1-18-10-9-11-20(14-18)34-27-21(26(31-34)28(36)33(7)29(2,3)4)13-12-19-15-24(37-8)23(16-22(19)27)30-25(35)17-32(5)6/h9-11,14-16H,12-13,17H2,1-8H3,(H,30,35). The van der Waals surface area contributed by atoms with E-state index in [9.17, 15) is 9.59 Å². The topological polar surface area (TPSA) is 79.7 Å². The molecule has 1 heterocycles. The summed E-state index contributed by atoms with van der Waals surface area (Å²) in [6.45, 7) is 8.33. The summed E-state index contributed by atoms with van der Waals surface area (Å²) in [6.07, 6.45) is 1.42. The van der Waals surface area contributed by atoms with Gasteiger partial charge in [0, 0.05) is 23.7 Å². The first-order chi connectivity index (χ1) is 17.4. The van der Waals surface area contributed by atoms with Gasteiger partial charge in [-0.15, -0.1) is 0 Å². The van der Waals surface area contributed by atoms with E-state index in [-0.39, 0.29) is 23.9 Å². The van der Waals surface area contributed by atoms with Gasteiger partial charge in [0.15, 0.2) is 5.69 Å². The molecule has 0 bridgehead atoms. The molecule has 0 aliphatic heterocycles.